The predicted molar refractivity (Wildman–Crippen MR) is 117 cm³/mol. The quantitative estimate of drug-likeness (QED) is 0.637. The molecule has 0 spiro atoms. The molecular weight excluding hydrogens is 394 g/mol. The number of carbonyl (C=O) groups is 2. The lowest BCUT2D eigenvalue weighted by molar-refractivity contribution is -0.135. The van der Waals surface area contributed by atoms with E-state index < -0.39 is 5.60 Å². The highest BCUT2D eigenvalue weighted by atomic mass is 16.3. The third-order valence-electron chi connectivity index (χ3n) is 5.81. The Balaban J connectivity index is 1.36. The fourth-order valence-electron chi connectivity index (χ4n) is 4.04. The average molecular weight is 422 g/mol. The molecule has 1 aromatic carbocycles. The van der Waals surface area contributed by atoms with Crippen molar-refractivity contribution in [3.8, 4) is 0 Å². The van der Waals surface area contributed by atoms with E-state index in [-0.39, 0.29) is 11.8 Å². The maximum Gasteiger partial charge on any atom is 0.222 e. The number of nitrogens with zero attached hydrogens (tertiary/aromatic N) is 4. The second-order valence-corrected chi connectivity index (χ2v) is 8.22. The number of hydrogen-bond donors (Lipinski definition) is 2. The molecule has 0 saturated carbocycles. The Morgan fingerprint density at radius 3 is 2.71 bits per heavy atom. The SMILES string of the molecule is CC(=O)Nc1ccc2cnn(CC3(O)CCN(C(=O)CCc4cccnc4)CC3)c2c1. The molecule has 1 aliphatic rings. The van der Waals surface area contributed by atoms with Crippen LogP contribution in [0.4, 0.5) is 5.69 Å². The van der Waals surface area contributed by atoms with Crippen molar-refractivity contribution in [3.63, 3.8) is 0 Å². The molecule has 0 atom stereocenters. The number of aromatic nitrogens is 3. The van der Waals surface area contributed by atoms with Crippen LogP contribution >= 0.6 is 0 Å². The van der Waals surface area contributed by atoms with Crippen molar-refractivity contribution < 1.29 is 14.7 Å². The number of rotatable bonds is 6. The Morgan fingerprint density at radius 1 is 1.19 bits per heavy atom. The van der Waals surface area contributed by atoms with Crippen LogP contribution in [0, 0.1) is 0 Å². The number of amides is 2. The molecule has 8 nitrogen and oxygen atoms in total. The van der Waals surface area contributed by atoms with Gasteiger partial charge in [-0.2, -0.15) is 5.10 Å². The molecule has 2 N–H and O–H groups in total. The van der Waals surface area contributed by atoms with Gasteiger partial charge in [0.1, 0.15) is 0 Å². The molecule has 2 amide bonds. The predicted octanol–water partition coefficient (Wildman–Crippen LogP) is 2.38. The minimum atomic E-state index is -0.927. The molecule has 0 unspecified atom stereocenters. The van der Waals surface area contributed by atoms with Gasteiger partial charge in [0.25, 0.3) is 0 Å². The summed E-state index contributed by atoms with van der Waals surface area (Å²) >= 11 is 0. The monoisotopic (exact) mass is 421 g/mol. The summed E-state index contributed by atoms with van der Waals surface area (Å²) in [6.45, 7) is 2.87. The van der Waals surface area contributed by atoms with E-state index in [4.69, 9.17) is 0 Å². The van der Waals surface area contributed by atoms with Crippen molar-refractivity contribution >= 4 is 28.4 Å². The van der Waals surface area contributed by atoms with Gasteiger partial charge >= 0.3 is 0 Å². The molecule has 1 aliphatic heterocycles. The number of aryl methyl sites for hydroxylation is 1. The van der Waals surface area contributed by atoms with Crippen LogP contribution in [0.25, 0.3) is 10.9 Å². The molecule has 8 heteroatoms. The highest BCUT2D eigenvalue weighted by Crippen LogP contribution is 2.27. The summed E-state index contributed by atoms with van der Waals surface area (Å²) in [5.41, 5.74) is 1.68. The number of likely N-dealkylation sites (tertiary alicyclic amines) is 1. The van der Waals surface area contributed by atoms with E-state index in [1.54, 1.807) is 23.3 Å². The molecule has 3 heterocycles. The van der Waals surface area contributed by atoms with Gasteiger partial charge in [-0.25, -0.2) is 0 Å². The molecule has 31 heavy (non-hydrogen) atoms. The second-order valence-electron chi connectivity index (χ2n) is 8.22. The maximum absolute atomic E-state index is 12.6. The fraction of sp³-hybridized carbons (Fsp3) is 0.391. The van der Waals surface area contributed by atoms with Gasteiger partial charge in [0.2, 0.25) is 11.8 Å². The lowest BCUT2D eigenvalue weighted by Crippen LogP contribution is -2.48. The van der Waals surface area contributed by atoms with E-state index in [0.717, 1.165) is 16.5 Å². The molecule has 162 valence electrons. The molecule has 3 aromatic rings. The molecule has 0 aliphatic carbocycles. The summed E-state index contributed by atoms with van der Waals surface area (Å²) in [6, 6.07) is 9.45. The summed E-state index contributed by atoms with van der Waals surface area (Å²) in [5, 5.41) is 19.3. The Kier molecular flexibility index (Phi) is 5.99. The Hall–Kier alpha value is -3.26. The topological polar surface area (TPSA) is 100 Å². The van der Waals surface area contributed by atoms with Crippen LogP contribution < -0.4 is 5.32 Å². The van der Waals surface area contributed by atoms with Gasteiger partial charge in [-0.1, -0.05) is 6.07 Å². The zero-order valence-electron chi connectivity index (χ0n) is 17.6. The van der Waals surface area contributed by atoms with Crippen molar-refractivity contribution in [1.29, 1.82) is 0 Å². The van der Waals surface area contributed by atoms with Gasteiger partial charge in [0, 0.05) is 49.9 Å². The summed E-state index contributed by atoms with van der Waals surface area (Å²) in [5.74, 6) is -0.0278. The van der Waals surface area contributed by atoms with Gasteiger partial charge in [-0.3, -0.25) is 19.3 Å². The molecule has 1 fully saturated rings. The minimum absolute atomic E-state index is 0.107. The van der Waals surface area contributed by atoms with Crippen LogP contribution in [-0.4, -0.2) is 55.3 Å². The van der Waals surface area contributed by atoms with E-state index in [0.29, 0.717) is 51.0 Å². The lowest BCUT2D eigenvalue weighted by Gasteiger charge is -2.38. The summed E-state index contributed by atoms with van der Waals surface area (Å²) in [4.78, 5) is 29.8. The first-order chi connectivity index (χ1) is 14.9. The average Bonchev–Trinajstić information content (AvgIpc) is 3.14. The third-order valence-corrected chi connectivity index (χ3v) is 5.81. The molecule has 2 aromatic heterocycles. The van der Waals surface area contributed by atoms with Gasteiger partial charge in [-0.15, -0.1) is 0 Å². The van der Waals surface area contributed by atoms with Crippen LogP contribution in [0.15, 0.2) is 48.9 Å². The van der Waals surface area contributed by atoms with Crippen molar-refractivity contribution in [1.82, 2.24) is 19.7 Å². The summed E-state index contributed by atoms with van der Waals surface area (Å²) in [6.07, 6.45) is 7.38. The highest BCUT2D eigenvalue weighted by molar-refractivity contribution is 5.92. The Bertz CT molecular complexity index is 1070. The largest absolute Gasteiger partial charge is 0.388 e. The van der Waals surface area contributed by atoms with Gasteiger partial charge in [-0.05, 0) is 49.1 Å². The zero-order valence-corrected chi connectivity index (χ0v) is 17.6. The lowest BCUT2D eigenvalue weighted by atomic mass is 9.91. The van der Waals surface area contributed by atoms with E-state index in [9.17, 15) is 14.7 Å². The van der Waals surface area contributed by atoms with Crippen LogP contribution in [-0.2, 0) is 22.6 Å². The fourth-order valence-corrected chi connectivity index (χ4v) is 4.04. The highest BCUT2D eigenvalue weighted by Gasteiger charge is 2.34. The second kappa shape index (κ2) is 8.85. The smallest absolute Gasteiger partial charge is 0.222 e. The van der Waals surface area contributed by atoms with Gasteiger partial charge in [0.15, 0.2) is 0 Å². The van der Waals surface area contributed by atoms with Crippen molar-refractivity contribution in [3.05, 3.63) is 54.5 Å². The molecular formula is C23H27N5O3. The van der Waals surface area contributed by atoms with Crippen molar-refractivity contribution in [2.75, 3.05) is 18.4 Å². The number of fused-ring (bicyclic) bond motifs is 1. The number of anilines is 1. The van der Waals surface area contributed by atoms with Crippen molar-refractivity contribution in [2.24, 2.45) is 0 Å². The summed E-state index contributed by atoms with van der Waals surface area (Å²) < 4.78 is 1.78. The zero-order chi connectivity index (χ0) is 21.8. The number of nitrogens with one attached hydrogen (secondary N) is 1. The van der Waals surface area contributed by atoms with Crippen LogP contribution in [0.5, 0.6) is 0 Å². The molecule has 4 rings (SSSR count). The Labute approximate surface area is 180 Å². The number of benzene rings is 1. The molecule has 0 bridgehead atoms. The first kappa shape index (κ1) is 21.0. The minimum Gasteiger partial charge on any atom is -0.388 e. The number of hydrogen-bond acceptors (Lipinski definition) is 5. The normalized spacial score (nSPS) is 15.7. The standard InChI is InChI=1S/C23H27N5O3/c1-17(29)26-20-6-5-19-15-25-28(21(19)13-20)16-23(31)8-11-27(12-9-23)22(30)7-4-18-3-2-10-24-14-18/h2-3,5-6,10,13-15,31H,4,7-9,11-12,16H2,1H3,(H,26,29). The maximum atomic E-state index is 12.6. The van der Waals surface area contributed by atoms with Crippen LogP contribution in [0.3, 0.4) is 0 Å². The van der Waals surface area contributed by atoms with Gasteiger partial charge < -0.3 is 15.3 Å². The first-order valence-corrected chi connectivity index (χ1v) is 10.5. The number of carbonyl (C=O) groups excluding carboxylic acids is 2. The molecule has 1 saturated heterocycles. The van der Waals surface area contributed by atoms with Crippen molar-refractivity contribution in [2.45, 2.75) is 44.8 Å². The molecule has 0 radical (unpaired) electrons. The van der Waals surface area contributed by atoms with Crippen LogP contribution in [0.1, 0.15) is 31.7 Å². The van der Waals surface area contributed by atoms with E-state index in [1.165, 1.54) is 6.92 Å². The summed E-state index contributed by atoms with van der Waals surface area (Å²) in [7, 11) is 0. The van der Waals surface area contributed by atoms with E-state index in [2.05, 4.69) is 15.4 Å². The number of piperidine rings is 1. The number of pyridine rings is 1. The van der Waals surface area contributed by atoms with Crippen LogP contribution in [0.2, 0.25) is 0 Å². The first-order valence-electron chi connectivity index (χ1n) is 10.5. The Morgan fingerprint density at radius 2 is 2.00 bits per heavy atom. The third kappa shape index (κ3) is 5.08. The van der Waals surface area contributed by atoms with E-state index >= 15 is 0 Å². The van der Waals surface area contributed by atoms with Gasteiger partial charge in [0.05, 0.1) is 23.9 Å². The van der Waals surface area contributed by atoms with E-state index in [1.807, 2.05) is 35.2 Å². The number of aliphatic hydroxyl groups is 1.